The van der Waals surface area contributed by atoms with Crippen molar-refractivity contribution in [2.75, 3.05) is 26.7 Å². The third kappa shape index (κ3) is 12.5. The summed E-state index contributed by atoms with van der Waals surface area (Å²) < 4.78 is 0. The summed E-state index contributed by atoms with van der Waals surface area (Å²) in [5, 5.41) is 9.39. The van der Waals surface area contributed by atoms with Crippen LogP contribution in [0.5, 0.6) is 0 Å². The summed E-state index contributed by atoms with van der Waals surface area (Å²) in [4.78, 5) is 15.6. The van der Waals surface area contributed by atoms with Gasteiger partial charge in [-0.15, -0.1) is 0 Å². The number of guanidine groups is 1. The molecule has 0 heterocycles. The molecule has 0 aliphatic heterocycles. The molecule has 0 rings (SSSR count). The SMILES string of the molecule is CCCCCCCCCNC(=NC)NCCNC(=O)C(C)C. The van der Waals surface area contributed by atoms with Crippen LogP contribution in [0.3, 0.4) is 0 Å². The van der Waals surface area contributed by atoms with Gasteiger partial charge >= 0.3 is 0 Å². The molecule has 1 amide bonds. The molecule has 0 saturated carbocycles. The Labute approximate surface area is 136 Å². The van der Waals surface area contributed by atoms with Gasteiger partial charge in [0.05, 0.1) is 0 Å². The number of amides is 1. The van der Waals surface area contributed by atoms with E-state index in [1.54, 1.807) is 7.05 Å². The zero-order valence-electron chi connectivity index (χ0n) is 15.0. The van der Waals surface area contributed by atoms with E-state index in [1.807, 2.05) is 13.8 Å². The molecule has 0 aromatic rings. The van der Waals surface area contributed by atoms with Crippen molar-refractivity contribution < 1.29 is 4.79 Å². The molecule has 0 radical (unpaired) electrons. The minimum absolute atomic E-state index is 0.0368. The normalized spacial score (nSPS) is 11.6. The first-order valence-electron chi connectivity index (χ1n) is 8.84. The molecule has 0 spiro atoms. The molecule has 3 N–H and O–H groups in total. The molecule has 0 fully saturated rings. The Balaban J connectivity index is 3.50. The first kappa shape index (κ1) is 20.7. The zero-order chi connectivity index (χ0) is 16.6. The van der Waals surface area contributed by atoms with Crippen molar-refractivity contribution in [2.24, 2.45) is 10.9 Å². The van der Waals surface area contributed by atoms with Gasteiger partial charge in [-0.3, -0.25) is 9.79 Å². The van der Waals surface area contributed by atoms with Gasteiger partial charge in [-0.25, -0.2) is 0 Å². The minimum Gasteiger partial charge on any atom is -0.356 e. The van der Waals surface area contributed by atoms with Gasteiger partial charge in [-0.05, 0) is 6.42 Å². The van der Waals surface area contributed by atoms with Gasteiger partial charge < -0.3 is 16.0 Å². The molecule has 0 unspecified atom stereocenters. The molecule has 0 saturated heterocycles. The summed E-state index contributed by atoms with van der Waals surface area (Å²) >= 11 is 0. The fraction of sp³-hybridized carbons (Fsp3) is 0.882. The number of nitrogens with one attached hydrogen (secondary N) is 3. The minimum atomic E-state index is 0.0368. The van der Waals surface area contributed by atoms with Crippen molar-refractivity contribution in [1.82, 2.24) is 16.0 Å². The van der Waals surface area contributed by atoms with E-state index in [-0.39, 0.29) is 11.8 Å². The number of carbonyl (C=O) groups excluding carboxylic acids is 1. The van der Waals surface area contributed by atoms with Gasteiger partial charge in [0.2, 0.25) is 5.91 Å². The van der Waals surface area contributed by atoms with Crippen LogP contribution in [0.2, 0.25) is 0 Å². The first-order valence-corrected chi connectivity index (χ1v) is 8.84. The van der Waals surface area contributed by atoms with E-state index in [2.05, 4.69) is 27.9 Å². The molecule has 0 atom stereocenters. The highest BCUT2D eigenvalue weighted by molar-refractivity contribution is 5.80. The van der Waals surface area contributed by atoms with E-state index in [9.17, 15) is 4.79 Å². The van der Waals surface area contributed by atoms with E-state index in [4.69, 9.17) is 0 Å². The third-order valence-electron chi connectivity index (χ3n) is 3.54. The summed E-state index contributed by atoms with van der Waals surface area (Å²) in [5.74, 6) is 0.937. The predicted octanol–water partition coefficient (Wildman–Crippen LogP) is 2.67. The van der Waals surface area contributed by atoms with Crippen molar-refractivity contribution in [1.29, 1.82) is 0 Å². The topological polar surface area (TPSA) is 65.5 Å². The van der Waals surface area contributed by atoms with Crippen LogP contribution in [0.4, 0.5) is 0 Å². The van der Waals surface area contributed by atoms with Crippen LogP contribution in [-0.4, -0.2) is 38.5 Å². The van der Waals surface area contributed by atoms with Gasteiger partial charge in [0.25, 0.3) is 0 Å². The van der Waals surface area contributed by atoms with Crippen molar-refractivity contribution in [3.05, 3.63) is 0 Å². The Morgan fingerprint density at radius 1 is 0.864 bits per heavy atom. The van der Waals surface area contributed by atoms with Gasteiger partial charge in [0.1, 0.15) is 0 Å². The van der Waals surface area contributed by atoms with Gasteiger partial charge in [-0.2, -0.15) is 0 Å². The molecular formula is C17H36N4O. The lowest BCUT2D eigenvalue weighted by molar-refractivity contribution is -0.123. The standard InChI is InChI=1S/C17H36N4O/c1-5-6-7-8-9-10-11-12-20-17(18-4)21-14-13-19-16(22)15(2)3/h15H,5-14H2,1-4H3,(H,19,22)(H2,18,20,21). The quantitative estimate of drug-likeness (QED) is 0.295. The van der Waals surface area contributed by atoms with Crippen LogP contribution in [0.1, 0.15) is 65.7 Å². The molecule has 0 aliphatic carbocycles. The molecule has 0 aromatic carbocycles. The third-order valence-corrected chi connectivity index (χ3v) is 3.54. The zero-order valence-corrected chi connectivity index (χ0v) is 15.0. The lowest BCUT2D eigenvalue weighted by Crippen LogP contribution is -2.42. The van der Waals surface area contributed by atoms with Gasteiger partial charge in [0.15, 0.2) is 5.96 Å². The molecule has 0 bridgehead atoms. The van der Waals surface area contributed by atoms with E-state index in [0.717, 1.165) is 12.5 Å². The molecule has 5 heteroatoms. The van der Waals surface area contributed by atoms with Crippen molar-refractivity contribution in [3.8, 4) is 0 Å². The number of rotatable bonds is 12. The molecule has 0 aliphatic rings. The summed E-state index contributed by atoms with van der Waals surface area (Å²) in [7, 11) is 1.77. The Morgan fingerprint density at radius 3 is 2.00 bits per heavy atom. The van der Waals surface area contributed by atoms with Gasteiger partial charge in [-0.1, -0.05) is 59.3 Å². The van der Waals surface area contributed by atoms with E-state index < -0.39 is 0 Å². The van der Waals surface area contributed by atoms with E-state index >= 15 is 0 Å². The number of aliphatic imine (C=N–C) groups is 1. The molecular weight excluding hydrogens is 276 g/mol. The van der Waals surface area contributed by atoms with Crippen LogP contribution in [0.25, 0.3) is 0 Å². The highest BCUT2D eigenvalue weighted by Crippen LogP contribution is 2.06. The van der Waals surface area contributed by atoms with Gasteiger partial charge in [0, 0.05) is 32.6 Å². The Morgan fingerprint density at radius 2 is 1.41 bits per heavy atom. The lowest BCUT2D eigenvalue weighted by Gasteiger charge is -2.13. The van der Waals surface area contributed by atoms with Crippen molar-refractivity contribution in [3.63, 3.8) is 0 Å². The molecule has 0 aromatic heterocycles. The second-order valence-electron chi connectivity index (χ2n) is 5.99. The maximum Gasteiger partial charge on any atom is 0.222 e. The van der Waals surface area contributed by atoms with Crippen LogP contribution in [-0.2, 0) is 4.79 Å². The fourth-order valence-electron chi connectivity index (χ4n) is 2.08. The van der Waals surface area contributed by atoms with Crippen LogP contribution in [0, 0.1) is 5.92 Å². The van der Waals surface area contributed by atoms with Crippen molar-refractivity contribution in [2.45, 2.75) is 65.7 Å². The number of hydrogen-bond donors (Lipinski definition) is 3. The molecule has 5 nitrogen and oxygen atoms in total. The lowest BCUT2D eigenvalue weighted by atomic mass is 10.1. The Kier molecular flexibility index (Phi) is 13.8. The molecule has 130 valence electrons. The number of unbranched alkanes of at least 4 members (excludes halogenated alkanes) is 6. The average molecular weight is 313 g/mol. The second kappa shape index (κ2) is 14.7. The Bertz CT molecular complexity index is 303. The highest BCUT2D eigenvalue weighted by Gasteiger charge is 2.05. The second-order valence-corrected chi connectivity index (χ2v) is 5.99. The molecule has 22 heavy (non-hydrogen) atoms. The summed E-state index contributed by atoms with van der Waals surface area (Å²) in [5.41, 5.74) is 0. The number of hydrogen-bond acceptors (Lipinski definition) is 2. The largest absolute Gasteiger partial charge is 0.356 e. The van der Waals surface area contributed by atoms with Crippen LogP contribution in [0.15, 0.2) is 4.99 Å². The number of nitrogens with zero attached hydrogens (tertiary/aromatic N) is 1. The maximum absolute atomic E-state index is 11.4. The summed E-state index contributed by atoms with van der Waals surface area (Å²) in [6.45, 7) is 8.30. The fourth-order valence-corrected chi connectivity index (χ4v) is 2.08. The van der Waals surface area contributed by atoms with Crippen LogP contribution < -0.4 is 16.0 Å². The van der Waals surface area contributed by atoms with E-state index in [1.165, 1.54) is 44.9 Å². The van der Waals surface area contributed by atoms with E-state index in [0.29, 0.717) is 13.1 Å². The smallest absolute Gasteiger partial charge is 0.222 e. The average Bonchev–Trinajstić information content (AvgIpc) is 2.51. The number of carbonyl (C=O) groups is 1. The summed E-state index contributed by atoms with van der Waals surface area (Å²) in [6.07, 6.45) is 9.18. The highest BCUT2D eigenvalue weighted by atomic mass is 16.1. The first-order chi connectivity index (χ1) is 10.6. The Hall–Kier alpha value is -1.26. The van der Waals surface area contributed by atoms with Crippen LogP contribution >= 0.6 is 0 Å². The summed E-state index contributed by atoms with van der Waals surface area (Å²) in [6, 6.07) is 0. The maximum atomic E-state index is 11.4. The predicted molar refractivity (Wildman–Crippen MR) is 95.2 cm³/mol. The van der Waals surface area contributed by atoms with Crippen molar-refractivity contribution >= 4 is 11.9 Å². The monoisotopic (exact) mass is 312 g/mol.